The maximum atomic E-state index is 5.94. The second-order valence-corrected chi connectivity index (χ2v) is 5.64. The van der Waals surface area contributed by atoms with E-state index in [4.69, 9.17) is 17.3 Å². The molecule has 0 bridgehead atoms. The van der Waals surface area contributed by atoms with E-state index < -0.39 is 0 Å². The molecule has 0 saturated carbocycles. The highest BCUT2D eigenvalue weighted by Gasteiger charge is 2.16. The van der Waals surface area contributed by atoms with Crippen molar-refractivity contribution in [2.45, 2.75) is 31.6 Å². The van der Waals surface area contributed by atoms with Gasteiger partial charge in [0.25, 0.3) is 0 Å². The van der Waals surface area contributed by atoms with Crippen LogP contribution in [0.2, 0.25) is 5.02 Å². The van der Waals surface area contributed by atoms with Gasteiger partial charge in [-0.25, -0.2) is 0 Å². The van der Waals surface area contributed by atoms with Gasteiger partial charge in [0, 0.05) is 24.0 Å². The van der Waals surface area contributed by atoms with E-state index in [9.17, 15) is 0 Å². The molecule has 2 N–H and O–H groups in total. The maximum Gasteiger partial charge on any atom is 0.0406 e. The van der Waals surface area contributed by atoms with Crippen LogP contribution in [0.5, 0.6) is 0 Å². The van der Waals surface area contributed by atoms with E-state index >= 15 is 0 Å². The average Bonchev–Trinajstić information content (AvgIpc) is 2.66. The van der Waals surface area contributed by atoms with Crippen LogP contribution >= 0.6 is 11.6 Å². The molecule has 1 unspecified atom stereocenters. The fourth-order valence-electron chi connectivity index (χ4n) is 2.68. The molecule has 3 heteroatoms. The minimum absolute atomic E-state index is 0.431. The molecule has 1 aromatic rings. The Kier molecular flexibility index (Phi) is 5.48. The predicted octanol–water partition coefficient (Wildman–Crippen LogP) is 3.26. The Balaban J connectivity index is 1.97. The summed E-state index contributed by atoms with van der Waals surface area (Å²) in [5.74, 6) is 0.431. The summed E-state index contributed by atoms with van der Waals surface area (Å²) in [4.78, 5) is 2.57. The molecule has 1 saturated heterocycles. The minimum Gasteiger partial charge on any atom is -0.330 e. The lowest BCUT2D eigenvalue weighted by Gasteiger charge is -2.25. The number of likely N-dealkylation sites (tertiary alicyclic amines) is 1. The smallest absolute Gasteiger partial charge is 0.0406 e. The first-order chi connectivity index (χ1) is 8.79. The largest absolute Gasteiger partial charge is 0.330 e. The molecule has 1 fully saturated rings. The summed E-state index contributed by atoms with van der Waals surface area (Å²) in [5, 5.41) is 0.796. The molecule has 100 valence electrons. The van der Waals surface area contributed by atoms with E-state index in [1.165, 1.54) is 44.3 Å². The van der Waals surface area contributed by atoms with E-state index in [1.807, 2.05) is 12.1 Å². The van der Waals surface area contributed by atoms with Gasteiger partial charge in [-0.3, -0.25) is 0 Å². The third kappa shape index (κ3) is 3.98. The molecule has 0 amide bonds. The van der Waals surface area contributed by atoms with Crippen LogP contribution in [0.4, 0.5) is 0 Å². The van der Waals surface area contributed by atoms with Crippen LogP contribution in [0.25, 0.3) is 0 Å². The average molecular weight is 267 g/mol. The van der Waals surface area contributed by atoms with Gasteiger partial charge in [0.1, 0.15) is 0 Å². The Labute approximate surface area is 115 Å². The zero-order valence-electron chi connectivity index (χ0n) is 10.9. The van der Waals surface area contributed by atoms with Crippen LogP contribution in [-0.4, -0.2) is 31.1 Å². The van der Waals surface area contributed by atoms with Gasteiger partial charge in [0.05, 0.1) is 0 Å². The van der Waals surface area contributed by atoms with E-state index in [0.717, 1.165) is 11.6 Å². The molecule has 0 aliphatic carbocycles. The molecule has 2 nitrogen and oxygen atoms in total. The summed E-state index contributed by atoms with van der Waals surface area (Å²) in [5.41, 5.74) is 7.25. The van der Waals surface area contributed by atoms with Crippen LogP contribution in [0.15, 0.2) is 24.3 Å². The third-order valence-electron chi connectivity index (χ3n) is 3.80. The van der Waals surface area contributed by atoms with Crippen LogP contribution in [0.3, 0.4) is 0 Å². The van der Waals surface area contributed by atoms with Gasteiger partial charge < -0.3 is 10.6 Å². The summed E-state index contributed by atoms with van der Waals surface area (Å²) in [6.45, 7) is 4.24. The highest BCUT2D eigenvalue weighted by Crippen LogP contribution is 2.20. The lowest BCUT2D eigenvalue weighted by molar-refractivity contribution is 0.267. The van der Waals surface area contributed by atoms with Gasteiger partial charge in [-0.1, -0.05) is 36.6 Å². The van der Waals surface area contributed by atoms with Crippen molar-refractivity contribution in [1.82, 2.24) is 4.90 Å². The zero-order valence-corrected chi connectivity index (χ0v) is 11.7. The van der Waals surface area contributed by atoms with Crippen molar-refractivity contribution in [3.8, 4) is 0 Å². The summed E-state index contributed by atoms with van der Waals surface area (Å²) < 4.78 is 0. The topological polar surface area (TPSA) is 29.3 Å². The number of nitrogens with two attached hydrogens (primary N) is 1. The molecule has 0 spiro atoms. The molecule has 0 aromatic heterocycles. The van der Waals surface area contributed by atoms with Crippen molar-refractivity contribution in [3.05, 3.63) is 34.9 Å². The number of rotatable bonds is 4. The minimum atomic E-state index is 0.431. The Morgan fingerprint density at radius 3 is 2.22 bits per heavy atom. The van der Waals surface area contributed by atoms with Crippen LogP contribution in [-0.2, 0) is 0 Å². The van der Waals surface area contributed by atoms with Crippen LogP contribution < -0.4 is 5.73 Å². The van der Waals surface area contributed by atoms with Crippen molar-refractivity contribution >= 4 is 11.6 Å². The Bertz CT molecular complexity index is 342. The first-order valence-electron chi connectivity index (χ1n) is 6.97. The number of benzene rings is 1. The molecule has 1 atom stereocenters. The van der Waals surface area contributed by atoms with E-state index in [0.29, 0.717) is 12.5 Å². The van der Waals surface area contributed by atoms with Gasteiger partial charge in [0.2, 0.25) is 0 Å². The number of hydrogen-bond acceptors (Lipinski definition) is 2. The van der Waals surface area contributed by atoms with E-state index in [2.05, 4.69) is 17.0 Å². The second-order valence-electron chi connectivity index (χ2n) is 5.20. The molecule has 1 heterocycles. The first kappa shape index (κ1) is 13.9. The highest BCUT2D eigenvalue weighted by atomic mass is 35.5. The van der Waals surface area contributed by atoms with Crippen LogP contribution in [0.1, 0.15) is 37.2 Å². The van der Waals surface area contributed by atoms with Gasteiger partial charge >= 0.3 is 0 Å². The van der Waals surface area contributed by atoms with Gasteiger partial charge in [-0.15, -0.1) is 0 Å². The summed E-state index contributed by atoms with van der Waals surface area (Å²) in [6.07, 6.45) is 5.42. The quantitative estimate of drug-likeness (QED) is 0.906. The Hall–Kier alpha value is -0.570. The fraction of sp³-hybridized carbons (Fsp3) is 0.600. The molecule has 18 heavy (non-hydrogen) atoms. The Morgan fingerprint density at radius 1 is 1.06 bits per heavy atom. The summed E-state index contributed by atoms with van der Waals surface area (Å²) in [7, 11) is 0. The van der Waals surface area contributed by atoms with E-state index in [1.54, 1.807) is 0 Å². The van der Waals surface area contributed by atoms with Gasteiger partial charge in [-0.05, 0) is 43.6 Å². The standard InChI is InChI=1S/C15H23ClN2/c16-15-7-5-13(6-8-15)14(11-17)12-18-9-3-1-2-4-10-18/h5-8,14H,1-4,9-12,17H2. The number of halogens is 1. The van der Waals surface area contributed by atoms with E-state index in [-0.39, 0.29) is 0 Å². The fourth-order valence-corrected chi connectivity index (χ4v) is 2.81. The zero-order chi connectivity index (χ0) is 12.8. The van der Waals surface area contributed by atoms with Crippen LogP contribution in [0, 0.1) is 0 Å². The van der Waals surface area contributed by atoms with Crippen molar-refractivity contribution in [3.63, 3.8) is 0 Å². The monoisotopic (exact) mass is 266 g/mol. The predicted molar refractivity (Wildman–Crippen MR) is 78.2 cm³/mol. The van der Waals surface area contributed by atoms with Crippen molar-refractivity contribution in [2.24, 2.45) is 5.73 Å². The summed E-state index contributed by atoms with van der Waals surface area (Å²) in [6, 6.07) is 8.14. The lowest BCUT2D eigenvalue weighted by Crippen LogP contribution is -2.32. The maximum absolute atomic E-state index is 5.94. The van der Waals surface area contributed by atoms with Crippen molar-refractivity contribution < 1.29 is 0 Å². The highest BCUT2D eigenvalue weighted by molar-refractivity contribution is 6.30. The molecular formula is C15H23ClN2. The molecule has 2 rings (SSSR count). The third-order valence-corrected chi connectivity index (χ3v) is 4.06. The number of hydrogen-bond donors (Lipinski definition) is 1. The Morgan fingerprint density at radius 2 is 1.67 bits per heavy atom. The molecular weight excluding hydrogens is 244 g/mol. The van der Waals surface area contributed by atoms with Gasteiger partial charge in [-0.2, -0.15) is 0 Å². The van der Waals surface area contributed by atoms with Crippen molar-refractivity contribution in [2.75, 3.05) is 26.2 Å². The lowest BCUT2D eigenvalue weighted by atomic mass is 9.98. The SMILES string of the molecule is NCC(CN1CCCCCC1)c1ccc(Cl)cc1. The molecule has 0 radical (unpaired) electrons. The van der Waals surface area contributed by atoms with Crippen molar-refractivity contribution in [1.29, 1.82) is 0 Å². The molecule has 1 aliphatic heterocycles. The number of nitrogens with zero attached hydrogens (tertiary/aromatic N) is 1. The molecule has 1 aromatic carbocycles. The van der Waals surface area contributed by atoms with Gasteiger partial charge in [0.15, 0.2) is 0 Å². The second kappa shape index (κ2) is 7.13. The first-order valence-corrected chi connectivity index (χ1v) is 7.35. The molecule has 1 aliphatic rings. The summed E-state index contributed by atoms with van der Waals surface area (Å²) >= 11 is 5.93. The normalized spacial score (nSPS) is 19.4.